The highest BCUT2D eigenvalue weighted by Gasteiger charge is 2.53. The van der Waals surface area contributed by atoms with Crippen LogP contribution in [0.25, 0.3) is 11.3 Å². The third-order valence-electron chi connectivity index (χ3n) is 6.03. The Bertz CT molecular complexity index is 1080. The zero-order valence-corrected chi connectivity index (χ0v) is 19.3. The first-order chi connectivity index (χ1) is 14.2. The number of nitrogens with zero attached hydrogens (tertiary/aromatic N) is 5. The maximum atomic E-state index is 12.9. The monoisotopic (exact) mass is 423 g/mol. The molecule has 0 saturated carbocycles. The van der Waals surface area contributed by atoms with Crippen molar-refractivity contribution in [3.63, 3.8) is 0 Å². The van der Waals surface area contributed by atoms with Crippen LogP contribution >= 0.6 is 0 Å². The molecule has 1 aromatic carbocycles. The molecular weight excluding hydrogens is 394 g/mol. The maximum absolute atomic E-state index is 12.9. The van der Waals surface area contributed by atoms with E-state index in [1.807, 2.05) is 44.2 Å². The fourth-order valence-corrected chi connectivity index (χ4v) is 4.49. The van der Waals surface area contributed by atoms with E-state index in [1.165, 1.54) is 0 Å². The van der Waals surface area contributed by atoms with Crippen LogP contribution in [0.1, 0.15) is 67.0 Å². The molecule has 8 nitrogen and oxygen atoms in total. The van der Waals surface area contributed by atoms with E-state index in [4.69, 9.17) is 14.4 Å². The first-order valence-electron chi connectivity index (χ1n) is 10.4. The Labute approximate surface area is 182 Å². The summed E-state index contributed by atoms with van der Waals surface area (Å²) >= 11 is 0. The molecule has 0 fully saturated rings. The second-order valence-corrected chi connectivity index (χ2v) is 10.2. The third kappa shape index (κ3) is 3.17. The fourth-order valence-electron chi connectivity index (χ4n) is 4.49. The zero-order chi connectivity index (χ0) is 23.0. The van der Waals surface area contributed by atoms with E-state index in [0.717, 1.165) is 15.7 Å². The van der Waals surface area contributed by atoms with Crippen molar-refractivity contribution in [3.05, 3.63) is 41.9 Å². The molecule has 2 radical (unpaired) electrons. The number of aliphatic imine (C=N–C) groups is 2. The molecule has 3 heterocycles. The number of hydrogen-bond donors (Lipinski definition) is 0. The highest BCUT2D eigenvalue weighted by molar-refractivity contribution is 6.12. The van der Waals surface area contributed by atoms with Crippen LogP contribution in [0.5, 0.6) is 0 Å². The SMILES string of the molecule is CC1(C)N=C(c2nc(C3=NC(C)(C)N([O])C3(C)C)c(-c3ccccc3)o2)C(C)(C)N1[O]. The number of aromatic nitrogens is 1. The largest absolute Gasteiger partial charge is 0.434 e. The smallest absolute Gasteiger partial charge is 0.243 e. The van der Waals surface area contributed by atoms with Gasteiger partial charge >= 0.3 is 0 Å². The summed E-state index contributed by atoms with van der Waals surface area (Å²) in [6, 6.07) is 9.57. The molecule has 0 N–H and O–H groups in total. The molecule has 2 aliphatic heterocycles. The van der Waals surface area contributed by atoms with Crippen molar-refractivity contribution in [1.82, 2.24) is 15.1 Å². The predicted octanol–water partition coefficient (Wildman–Crippen LogP) is 4.27. The van der Waals surface area contributed by atoms with Gasteiger partial charge in [-0.15, -0.1) is 20.5 Å². The van der Waals surface area contributed by atoms with Gasteiger partial charge in [-0.25, -0.2) is 4.98 Å². The first kappa shape index (κ1) is 21.8. The molecule has 0 spiro atoms. The predicted molar refractivity (Wildman–Crippen MR) is 116 cm³/mol. The summed E-state index contributed by atoms with van der Waals surface area (Å²) in [6.07, 6.45) is 0. The fraction of sp³-hybridized carbons (Fsp3) is 0.522. The molecule has 2 aromatic rings. The molecule has 164 valence electrons. The van der Waals surface area contributed by atoms with Crippen LogP contribution in [0.2, 0.25) is 0 Å². The van der Waals surface area contributed by atoms with Crippen LogP contribution in [-0.4, -0.2) is 48.9 Å². The number of hydrogen-bond acceptors (Lipinski definition) is 6. The van der Waals surface area contributed by atoms with Crippen LogP contribution in [0.3, 0.4) is 0 Å². The Balaban J connectivity index is 1.95. The molecule has 8 heteroatoms. The summed E-state index contributed by atoms with van der Waals surface area (Å²) in [5, 5.41) is 27.7. The van der Waals surface area contributed by atoms with E-state index in [-0.39, 0.29) is 5.89 Å². The van der Waals surface area contributed by atoms with Gasteiger partial charge in [0.15, 0.2) is 5.76 Å². The summed E-state index contributed by atoms with van der Waals surface area (Å²) in [5.74, 6) is 0.778. The zero-order valence-electron chi connectivity index (χ0n) is 19.3. The summed E-state index contributed by atoms with van der Waals surface area (Å²) in [7, 11) is 0. The Hall–Kier alpha value is -2.39. The van der Waals surface area contributed by atoms with Crippen LogP contribution in [0.15, 0.2) is 44.7 Å². The van der Waals surface area contributed by atoms with Gasteiger partial charge < -0.3 is 4.42 Å². The van der Waals surface area contributed by atoms with Gasteiger partial charge in [0.1, 0.15) is 22.7 Å². The molecule has 2 aliphatic rings. The lowest BCUT2D eigenvalue weighted by molar-refractivity contribution is -0.241. The summed E-state index contributed by atoms with van der Waals surface area (Å²) in [4.78, 5) is 14.1. The van der Waals surface area contributed by atoms with Crippen molar-refractivity contribution in [3.8, 4) is 11.3 Å². The van der Waals surface area contributed by atoms with Crippen molar-refractivity contribution >= 4 is 11.4 Å². The van der Waals surface area contributed by atoms with E-state index in [2.05, 4.69) is 4.99 Å². The molecule has 0 saturated heterocycles. The molecule has 0 aliphatic carbocycles. The van der Waals surface area contributed by atoms with Crippen LogP contribution in [0, 0.1) is 0 Å². The van der Waals surface area contributed by atoms with Crippen molar-refractivity contribution in [2.24, 2.45) is 9.98 Å². The molecule has 31 heavy (non-hydrogen) atoms. The van der Waals surface area contributed by atoms with Crippen molar-refractivity contribution in [2.45, 2.75) is 77.8 Å². The maximum Gasteiger partial charge on any atom is 0.243 e. The number of hydroxylamine groups is 4. The van der Waals surface area contributed by atoms with E-state index < -0.39 is 22.4 Å². The average Bonchev–Trinajstić information content (AvgIpc) is 3.24. The Morgan fingerprint density at radius 1 is 0.742 bits per heavy atom. The van der Waals surface area contributed by atoms with Gasteiger partial charge in [0.2, 0.25) is 5.89 Å². The first-order valence-corrected chi connectivity index (χ1v) is 10.4. The van der Waals surface area contributed by atoms with Crippen LogP contribution in [0.4, 0.5) is 0 Å². The number of benzene rings is 1. The summed E-state index contributed by atoms with van der Waals surface area (Å²) in [6.45, 7) is 14.3. The Morgan fingerprint density at radius 2 is 1.23 bits per heavy atom. The number of rotatable bonds is 3. The van der Waals surface area contributed by atoms with Gasteiger partial charge in [0, 0.05) is 5.56 Å². The minimum atomic E-state index is -0.932. The highest BCUT2D eigenvalue weighted by Crippen LogP contribution is 2.41. The van der Waals surface area contributed by atoms with Gasteiger partial charge in [-0.2, -0.15) is 0 Å². The summed E-state index contributed by atoms with van der Waals surface area (Å²) < 4.78 is 6.26. The topological polar surface area (TPSA) is 97.0 Å². The lowest BCUT2D eigenvalue weighted by atomic mass is 9.94. The van der Waals surface area contributed by atoms with Gasteiger partial charge in [-0.3, -0.25) is 9.98 Å². The van der Waals surface area contributed by atoms with Gasteiger partial charge in [-0.1, -0.05) is 30.3 Å². The van der Waals surface area contributed by atoms with Gasteiger partial charge in [0.05, 0.1) is 16.8 Å². The highest BCUT2D eigenvalue weighted by atomic mass is 16.5. The molecule has 1 aromatic heterocycles. The van der Waals surface area contributed by atoms with Crippen LogP contribution in [-0.2, 0) is 10.4 Å². The molecule has 4 rings (SSSR count). The lowest BCUT2D eigenvalue weighted by Crippen LogP contribution is -2.49. The lowest BCUT2D eigenvalue weighted by Gasteiger charge is -2.31. The minimum Gasteiger partial charge on any atom is -0.434 e. The van der Waals surface area contributed by atoms with Crippen LogP contribution < -0.4 is 0 Å². The molecule has 0 atom stereocenters. The quantitative estimate of drug-likeness (QED) is 0.736. The molecule has 0 unspecified atom stereocenters. The van der Waals surface area contributed by atoms with E-state index in [1.54, 1.807) is 41.5 Å². The van der Waals surface area contributed by atoms with E-state index in [0.29, 0.717) is 22.9 Å². The van der Waals surface area contributed by atoms with Crippen molar-refractivity contribution in [2.75, 3.05) is 0 Å². The van der Waals surface area contributed by atoms with Gasteiger partial charge in [0.25, 0.3) is 0 Å². The molecule has 0 bridgehead atoms. The second-order valence-electron chi connectivity index (χ2n) is 10.2. The Morgan fingerprint density at radius 3 is 1.68 bits per heavy atom. The van der Waals surface area contributed by atoms with Gasteiger partial charge in [-0.05, 0) is 55.4 Å². The standard InChI is InChI=1S/C23H29N5O3/c1-20(2)17(25-22(5,6)27(20)29)15-16(14-12-10-9-11-13-14)31-19(24-15)18-21(3,4)28(30)23(7,8)26-18/h9-13H,1-8H3. The Kier molecular flexibility index (Phi) is 4.62. The average molecular weight is 424 g/mol. The normalized spacial score (nSPS) is 24.3. The van der Waals surface area contributed by atoms with E-state index in [9.17, 15) is 10.4 Å². The van der Waals surface area contributed by atoms with Crippen molar-refractivity contribution < 1.29 is 14.8 Å². The van der Waals surface area contributed by atoms with Crippen molar-refractivity contribution in [1.29, 1.82) is 0 Å². The molecule has 0 amide bonds. The second kappa shape index (κ2) is 6.56. The minimum absolute atomic E-state index is 0.269. The number of oxazole rings is 1. The third-order valence-corrected chi connectivity index (χ3v) is 6.03. The molecular formula is C23H29N5O3. The summed E-state index contributed by atoms with van der Waals surface area (Å²) in [5.41, 5.74) is -1.34. The van der Waals surface area contributed by atoms with E-state index >= 15 is 0 Å².